The number of amides is 1. The molecule has 7 heteroatoms. The normalized spacial score (nSPS) is 14.7. The average Bonchev–Trinajstić information content (AvgIpc) is 2.59. The van der Waals surface area contributed by atoms with Gasteiger partial charge in [0.05, 0.1) is 0 Å². The lowest BCUT2D eigenvalue weighted by Gasteiger charge is -2.26. The van der Waals surface area contributed by atoms with E-state index in [1.54, 1.807) is 23.1 Å². The molecule has 1 fully saturated rings. The van der Waals surface area contributed by atoms with Crippen molar-refractivity contribution in [2.24, 2.45) is 0 Å². The van der Waals surface area contributed by atoms with Gasteiger partial charge in [-0.05, 0) is 37.0 Å². The van der Waals surface area contributed by atoms with Crippen molar-refractivity contribution in [1.82, 2.24) is 14.9 Å². The fourth-order valence-electron chi connectivity index (χ4n) is 2.81. The number of halogens is 2. The summed E-state index contributed by atoms with van der Waals surface area (Å²) in [5, 5.41) is 1.03. The Hall–Kier alpha value is -1.85. The summed E-state index contributed by atoms with van der Waals surface area (Å²) in [7, 11) is 0. The summed E-state index contributed by atoms with van der Waals surface area (Å²) < 4.78 is 0. The summed E-state index contributed by atoms with van der Waals surface area (Å²) >= 11 is 12.3. The summed E-state index contributed by atoms with van der Waals surface area (Å²) in [5.74, 6) is 0.163. The first-order valence-corrected chi connectivity index (χ1v) is 8.62. The molecular weight excluding hydrogens is 349 g/mol. The van der Waals surface area contributed by atoms with Crippen molar-refractivity contribution < 1.29 is 4.79 Å². The second kappa shape index (κ2) is 7.36. The van der Waals surface area contributed by atoms with Crippen LogP contribution >= 0.6 is 23.2 Å². The molecule has 1 saturated heterocycles. The summed E-state index contributed by atoms with van der Waals surface area (Å²) in [4.78, 5) is 33.3. The van der Waals surface area contributed by atoms with Crippen LogP contribution in [0.15, 0.2) is 29.2 Å². The van der Waals surface area contributed by atoms with E-state index in [9.17, 15) is 9.59 Å². The molecule has 24 heavy (non-hydrogen) atoms. The average molecular weight is 366 g/mol. The molecule has 1 N–H and O–H groups in total. The van der Waals surface area contributed by atoms with Crippen molar-refractivity contribution in [3.05, 3.63) is 61.7 Å². The van der Waals surface area contributed by atoms with Gasteiger partial charge in [0.25, 0.3) is 11.5 Å². The maximum Gasteiger partial charge on any atom is 0.263 e. The molecule has 0 aliphatic carbocycles. The number of likely N-dealkylation sites (tertiary alicyclic amines) is 1. The molecule has 0 bridgehead atoms. The molecule has 2 heterocycles. The van der Waals surface area contributed by atoms with E-state index >= 15 is 0 Å². The first-order chi connectivity index (χ1) is 11.6. The Morgan fingerprint density at radius 3 is 2.46 bits per heavy atom. The standard InChI is InChI=1S/C17H17Cl2N3O2/c18-13-5-4-6-14(19)11(13)9-15-20-10-12(16(23)21-15)17(24)22-7-2-1-3-8-22/h4-6,10H,1-3,7-9H2,(H,20,21,23). The van der Waals surface area contributed by atoms with Crippen LogP contribution in [-0.2, 0) is 6.42 Å². The van der Waals surface area contributed by atoms with Gasteiger partial charge in [-0.3, -0.25) is 9.59 Å². The van der Waals surface area contributed by atoms with Crippen LogP contribution in [0.25, 0.3) is 0 Å². The molecule has 1 aromatic carbocycles. The van der Waals surface area contributed by atoms with Gasteiger partial charge in [0.2, 0.25) is 0 Å². The van der Waals surface area contributed by atoms with E-state index in [0.29, 0.717) is 40.9 Å². The number of rotatable bonds is 3. The Kier molecular flexibility index (Phi) is 5.21. The summed E-state index contributed by atoms with van der Waals surface area (Å²) in [6.45, 7) is 1.38. The van der Waals surface area contributed by atoms with Crippen LogP contribution in [0.3, 0.4) is 0 Å². The number of carbonyl (C=O) groups excluding carboxylic acids is 1. The number of aromatic nitrogens is 2. The first-order valence-electron chi connectivity index (χ1n) is 7.86. The Bertz CT molecular complexity index is 793. The molecule has 126 valence electrons. The van der Waals surface area contributed by atoms with Gasteiger partial charge >= 0.3 is 0 Å². The molecule has 0 atom stereocenters. The molecule has 1 amide bonds. The predicted octanol–water partition coefficient (Wildman–Crippen LogP) is 3.29. The number of carbonyl (C=O) groups is 1. The number of hydrogen-bond donors (Lipinski definition) is 1. The first kappa shape index (κ1) is 17.0. The molecule has 0 unspecified atom stereocenters. The van der Waals surface area contributed by atoms with Crippen LogP contribution in [0.1, 0.15) is 41.0 Å². The quantitative estimate of drug-likeness (QED) is 0.907. The maximum absolute atomic E-state index is 12.4. The van der Waals surface area contributed by atoms with Crippen molar-refractivity contribution in [2.45, 2.75) is 25.7 Å². The van der Waals surface area contributed by atoms with Crippen molar-refractivity contribution in [3.8, 4) is 0 Å². The highest BCUT2D eigenvalue weighted by Gasteiger charge is 2.21. The number of nitrogens with one attached hydrogen (secondary N) is 1. The number of aromatic amines is 1. The lowest BCUT2D eigenvalue weighted by Crippen LogP contribution is -2.38. The van der Waals surface area contributed by atoms with Gasteiger partial charge < -0.3 is 9.88 Å². The molecule has 0 radical (unpaired) electrons. The van der Waals surface area contributed by atoms with Gasteiger partial charge in [-0.15, -0.1) is 0 Å². The van der Waals surface area contributed by atoms with Gasteiger partial charge in [-0.25, -0.2) is 4.98 Å². The summed E-state index contributed by atoms with van der Waals surface area (Å²) in [5.41, 5.74) is 0.337. The molecule has 1 aliphatic heterocycles. The maximum atomic E-state index is 12.4. The van der Waals surface area contributed by atoms with Crippen LogP contribution in [-0.4, -0.2) is 33.9 Å². The van der Waals surface area contributed by atoms with E-state index in [-0.39, 0.29) is 11.5 Å². The lowest BCUT2D eigenvalue weighted by atomic mass is 10.1. The third-order valence-corrected chi connectivity index (χ3v) is 4.84. The fourth-order valence-corrected chi connectivity index (χ4v) is 3.34. The minimum Gasteiger partial charge on any atom is -0.338 e. The SMILES string of the molecule is O=C(c1cnc(Cc2c(Cl)cccc2Cl)[nH]c1=O)N1CCCCC1. The van der Waals surface area contributed by atoms with E-state index in [4.69, 9.17) is 23.2 Å². The Morgan fingerprint density at radius 1 is 1.17 bits per heavy atom. The lowest BCUT2D eigenvalue weighted by molar-refractivity contribution is 0.0722. The van der Waals surface area contributed by atoms with Crippen LogP contribution in [0, 0.1) is 0 Å². The predicted molar refractivity (Wildman–Crippen MR) is 93.9 cm³/mol. The number of nitrogens with zero attached hydrogens (tertiary/aromatic N) is 2. The zero-order valence-corrected chi connectivity index (χ0v) is 14.5. The second-order valence-corrected chi connectivity index (χ2v) is 6.62. The van der Waals surface area contributed by atoms with E-state index in [1.165, 1.54) is 6.20 Å². The molecular formula is C17H17Cl2N3O2. The summed E-state index contributed by atoms with van der Waals surface area (Å²) in [6.07, 6.45) is 4.71. The highest BCUT2D eigenvalue weighted by molar-refractivity contribution is 6.36. The second-order valence-electron chi connectivity index (χ2n) is 5.80. The van der Waals surface area contributed by atoms with E-state index < -0.39 is 5.56 Å². The number of piperidine rings is 1. The monoisotopic (exact) mass is 365 g/mol. The van der Waals surface area contributed by atoms with E-state index in [1.807, 2.05) is 0 Å². The van der Waals surface area contributed by atoms with E-state index in [2.05, 4.69) is 9.97 Å². The third-order valence-electron chi connectivity index (χ3n) is 4.13. The third kappa shape index (κ3) is 3.62. The van der Waals surface area contributed by atoms with Crippen molar-refractivity contribution in [1.29, 1.82) is 0 Å². The largest absolute Gasteiger partial charge is 0.338 e. The molecule has 2 aromatic rings. The van der Waals surface area contributed by atoms with E-state index in [0.717, 1.165) is 19.3 Å². The molecule has 0 saturated carbocycles. The molecule has 0 spiro atoms. The Morgan fingerprint density at radius 2 is 1.83 bits per heavy atom. The molecule has 3 rings (SSSR count). The van der Waals surface area contributed by atoms with Crippen LogP contribution in [0.4, 0.5) is 0 Å². The van der Waals surface area contributed by atoms with Crippen molar-refractivity contribution >= 4 is 29.1 Å². The minimum absolute atomic E-state index is 0.0749. The van der Waals surface area contributed by atoms with Crippen molar-refractivity contribution in [2.75, 3.05) is 13.1 Å². The van der Waals surface area contributed by atoms with Crippen LogP contribution in [0.5, 0.6) is 0 Å². The Balaban J connectivity index is 1.82. The zero-order valence-electron chi connectivity index (χ0n) is 13.0. The summed E-state index contributed by atoms with van der Waals surface area (Å²) in [6, 6.07) is 5.22. The number of benzene rings is 1. The molecule has 1 aromatic heterocycles. The number of hydrogen-bond acceptors (Lipinski definition) is 3. The van der Waals surface area contributed by atoms with Gasteiger partial charge in [-0.1, -0.05) is 29.3 Å². The van der Waals surface area contributed by atoms with Crippen molar-refractivity contribution in [3.63, 3.8) is 0 Å². The zero-order chi connectivity index (χ0) is 17.1. The highest BCUT2D eigenvalue weighted by atomic mass is 35.5. The van der Waals surface area contributed by atoms with Crippen LogP contribution < -0.4 is 5.56 Å². The highest BCUT2D eigenvalue weighted by Crippen LogP contribution is 2.25. The van der Waals surface area contributed by atoms with Crippen LogP contribution in [0.2, 0.25) is 10.0 Å². The smallest absolute Gasteiger partial charge is 0.263 e. The van der Waals surface area contributed by atoms with Gasteiger partial charge in [0.15, 0.2) is 0 Å². The van der Waals surface area contributed by atoms with Gasteiger partial charge in [0, 0.05) is 35.8 Å². The van der Waals surface area contributed by atoms with Gasteiger partial charge in [0.1, 0.15) is 11.4 Å². The molecule has 5 nitrogen and oxygen atoms in total. The molecule has 1 aliphatic rings. The topological polar surface area (TPSA) is 66.1 Å². The Labute approximate surface area is 149 Å². The fraction of sp³-hybridized carbons (Fsp3) is 0.353. The number of H-pyrrole nitrogens is 1. The van der Waals surface area contributed by atoms with Gasteiger partial charge in [-0.2, -0.15) is 0 Å². The minimum atomic E-state index is -0.432.